The summed E-state index contributed by atoms with van der Waals surface area (Å²) in [4.78, 5) is 64.3. The largest absolute Gasteiger partial charge is 0.477 e. The van der Waals surface area contributed by atoms with Crippen molar-refractivity contribution in [1.29, 1.82) is 0 Å². The summed E-state index contributed by atoms with van der Waals surface area (Å²) in [6.07, 6.45) is -2.71. The number of aliphatic carboxylic acids is 1. The molecule has 210 valence electrons. The molecule has 0 aliphatic carbocycles. The van der Waals surface area contributed by atoms with E-state index >= 15 is 0 Å². The van der Waals surface area contributed by atoms with Crippen LogP contribution in [0.25, 0.3) is 0 Å². The van der Waals surface area contributed by atoms with Gasteiger partial charge in [-0.1, -0.05) is 6.92 Å². The molecule has 15 heteroatoms. The summed E-state index contributed by atoms with van der Waals surface area (Å²) in [5, 5.41) is 17.8. The number of halogens is 2. The van der Waals surface area contributed by atoms with Crippen LogP contribution < -0.4 is 16.0 Å². The van der Waals surface area contributed by atoms with Gasteiger partial charge in [0, 0.05) is 41.7 Å². The number of hydrogen-bond acceptors (Lipinski definition) is 8. The third-order valence-electron chi connectivity index (χ3n) is 7.59. The first-order valence-electron chi connectivity index (χ1n) is 12.4. The van der Waals surface area contributed by atoms with Gasteiger partial charge in [-0.25, -0.2) is 9.59 Å². The van der Waals surface area contributed by atoms with E-state index in [0.29, 0.717) is 37.4 Å². The van der Waals surface area contributed by atoms with E-state index in [-0.39, 0.29) is 22.9 Å². The van der Waals surface area contributed by atoms with E-state index in [1.165, 1.54) is 30.7 Å². The molecule has 3 saturated heterocycles. The van der Waals surface area contributed by atoms with Crippen LogP contribution in [0.5, 0.6) is 0 Å². The fraction of sp³-hybridized carbons (Fsp3) is 0.696. The number of nitrogens with zero attached hydrogens (tertiary/aromatic N) is 2. The average Bonchev–Trinajstić information content (AvgIpc) is 3.57. The van der Waals surface area contributed by atoms with Gasteiger partial charge in [0.05, 0.1) is 31.2 Å². The second-order valence-corrected chi connectivity index (χ2v) is 11.3. The summed E-state index contributed by atoms with van der Waals surface area (Å²) in [5.74, 6) is -4.59. The van der Waals surface area contributed by atoms with Crippen LogP contribution in [0.3, 0.4) is 0 Å². The smallest absolute Gasteiger partial charge is 0.407 e. The van der Waals surface area contributed by atoms with Crippen LogP contribution in [-0.2, 0) is 23.9 Å². The molecule has 4 N–H and O–H groups in total. The first-order chi connectivity index (χ1) is 17.9. The van der Waals surface area contributed by atoms with Crippen LogP contribution in [0.2, 0.25) is 0 Å². The van der Waals surface area contributed by atoms with Crippen molar-refractivity contribution in [2.45, 2.75) is 62.5 Å². The number of likely N-dealkylation sites (tertiary alicyclic amines) is 1. The molecule has 0 radical (unpaired) electrons. The highest BCUT2D eigenvalue weighted by atomic mass is 32.2. The predicted molar refractivity (Wildman–Crippen MR) is 130 cm³/mol. The number of carboxylic acids is 1. The Kier molecular flexibility index (Phi) is 8.16. The van der Waals surface area contributed by atoms with Gasteiger partial charge in [0.25, 0.3) is 5.91 Å². The van der Waals surface area contributed by atoms with Crippen molar-refractivity contribution < 1.29 is 42.6 Å². The van der Waals surface area contributed by atoms with E-state index < -0.39 is 60.3 Å². The number of nitrogens with one attached hydrogen (secondary N) is 3. The van der Waals surface area contributed by atoms with Gasteiger partial charge < -0.3 is 35.6 Å². The molecule has 3 fully saturated rings. The van der Waals surface area contributed by atoms with Crippen LogP contribution in [0.15, 0.2) is 10.6 Å². The van der Waals surface area contributed by atoms with Gasteiger partial charge >= 0.3 is 18.5 Å². The second-order valence-electron chi connectivity index (χ2n) is 9.97. The molecule has 0 aromatic rings. The van der Waals surface area contributed by atoms with Crippen LogP contribution >= 0.6 is 11.8 Å². The molecule has 0 aromatic heterocycles. The molecule has 4 aliphatic rings. The molecule has 7 atom stereocenters. The molecule has 4 rings (SSSR count). The van der Waals surface area contributed by atoms with Crippen molar-refractivity contribution in [2.24, 2.45) is 11.8 Å². The molecule has 0 saturated carbocycles. The zero-order chi connectivity index (χ0) is 27.9. The number of β-lactam (4-membered cyclic amide) rings is 1. The highest BCUT2D eigenvalue weighted by Crippen LogP contribution is 2.51. The number of carboxylic acid groups (broad SMARTS) is 1. The maximum Gasteiger partial charge on any atom is 0.407 e. The Morgan fingerprint density at radius 1 is 1.26 bits per heavy atom. The van der Waals surface area contributed by atoms with Crippen molar-refractivity contribution in [3.8, 4) is 0 Å². The number of carbonyl (C=O) groups excluding carboxylic acids is 4. The van der Waals surface area contributed by atoms with E-state index in [9.17, 15) is 37.9 Å². The van der Waals surface area contributed by atoms with E-state index in [1.807, 2.05) is 0 Å². The monoisotopic (exact) mass is 559 g/mol. The number of hydrogen-bond donors (Lipinski definition) is 4. The molecular weight excluding hydrogens is 528 g/mol. The predicted octanol–water partition coefficient (Wildman–Crippen LogP) is -0.0503. The molecule has 0 aromatic carbocycles. The van der Waals surface area contributed by atoms with E-state index in [1.54, 1.807) is 11.8 Å². The van der Waals surface area contributed by atoms with Crippen LogP contribution in [0, 0.1) is 11.8 Å². The molecule has 4 heterocycles. The Bertz CT molecular complexity index is 1060. The lowest BCUT2D eigenvalue weighted by Gasteiger charge is -2.47. The van der Waals surface area contributed by atoms with Crippen LogP contribution in [0.1, 0.15) is 26.7 Å². The zero-order valence-corrected chi connectivity index (χ0v) is 21.9. The van der Waals surface area contributed by atoms with Crippen molar-refractivity contribution in [2.75, 3.05) is 26.7 Å². The topological polar surface area (TPSA) is 157 Å². The molecule has 0 bridgehead atoms. The Morgan fingerprint density at radius 3 is 2.61 bits per heavy atom. The number of methoxy groups -OCH3 is 1. The van der Waals surface area contributed by atoms with Crippen molar-refractivity contribution in [3.05, 3.63) is 10.6 Å². The Labute approximate surface area is 221 Å². The molecule has 1 unspecified atom stereocenters. The normalized spacial score (nSPS) is 31.3. The summed E-state index contributed by atoms with van der Waals surface area (Å²) in [6, 6.07) is -2.12. The first kappa shape index (κ1) is 28.1. The fourth-order valence-corrected chi connectivity index (χ4v) is 7.24. The summed E-state index contributed by atoms with van der Waals surface area (Å²) in [5.41, 5.74) is -0.132. The number of ether oxygens (including phenoxy) is 1. The Hall–Kier alpha value is -2.94. The molecular formula is C23H31F2N5O7S. The van der Waals surface area contributed by atoms with Crippen molar-refractivity contribution in [1.82, 2.24) is 25.8 Å². The van der Waals surface area contributed by atoms with Gasteiger partial charge in [-0.15, -0.1) is 11.8 Å². The lowest BCUT2D eigenvalue weighted by molar-refractivity contribution is -0.159. The highest BCUT2D eigenvalue weighted by molar-refractivity contribution is 8.03. The summed E-state index contributed by atoms with van der Waals surface area (Å²) in [6.45, 7) is 4.55. The zero-order valence-electron chi connectivity index (χ0n) is 21.1. The summed E-state index contributed by atoms with van der Waals surface area (Å²) < 4.78 is 30.0. The molecule has 4 aliphatic heterocycles. The number of fused-ring (bicyclic) bond motifs is 1. The van der Waals surface area contributed by atoms with Gasteiger partial charge in [0.1, 0.15) is 5.70 Å². The Morgan fingerprint density at radius 2 is 1.97 bits per heavy atom. The average molecular weight is 560 g/mol. The van der Waals surface area contributed by atoms with Crippen LogP contribution in [-0.4, -0.2) is 107 Å². The third-order valence-corrected chi connectivity index (χ3v) is 9.10. The van der Waals surface area contributed by atoms with Crippen LogP contribution in [0.4, 0.5) is 13.6 Å². The van der Waals surface area contributed by atoms with Gasteiger partial charge in [0.15, 0.2) is 0 Å². The highest BCUT2D eigenvalue weighted by Gasteiger charge is 2.60. The standard InChI is InChI=1S/C23H31F2N5O7S/c1-9-15-14(10(2)27-19(31)18(24)25)21(33)30(15)16(22(34)35)17(9)38-12-6-13(26-7-12)20(32)29-5-4-11(8-29)28-23(36)37-3/h9-15,18,26H,4-8H2,1-3H3,(H,27,31)(H,28,36)(H,34,35)/t9-,10?,11+,12+,13+,14-,15-/m1/s1. The quantitative estimate of drug-likeness (QED) is 0.299. The minimum Gasteiger partial charge on any atom is -0.477 e. The third kappa shape index (κ3) is 5.17. The number of amides is 4. The van der Waals surface area contributed by atoms with Gasteiger partial charge in [-0.05, 0) is 19.8 Å². The van der Waals surface area contributed by atoms with E-state index in [0.717, 1.165) is 0 Å². The molecule has 0 spiro atoms. The maximum absolute atomic E-state index is 13.0. The van der Waals surface area contributed by atoms with Gasteiger partial charge in [-0.3, -0.25) is 14.4 Å². The number of alkyl halides is 2. The number of thioether (sulfide) groups is 1. The number of alkyl carbamates (subject to hydrolysis) is 1. The van der Waals surface area contributed by atoms with Gasteiger partial charge in [-0.2, -0.15) is 8.78 Å². The van der Waals surface area contributed by atoms with E-state index in [4.69, 9.17) is 0 Å². The van der Waals surface area contributed by atoms with E-state index in [2.05, 4.69) is 20.7 Å². The van der Waals surface area contributed by atoms with Gasteiger partial charge in [0.2, 0.25) is 11.8 Å². The number of carbonyl (C=O) groups is 5. The Balaban J connectivity index is 1.39. The van der Waals surface area contributed by atoms with Crippen molar-refractivity contribution >= 4 is 41.5 Å². The lowest BCUT2D eigenvalue weighted by atomic mass is 9.78. The minimum atomic E-state index is -3.22. The molecule has 4 amide bonds. The fourth-order valence-electron chi connectivity index (χ4n) is 5.76. The minimum absolute atomic E-state index is 0.100. The molecule has 38 heavy (non-hydrogen) atoms. The lowest BCUT2D eigenvalue weighted by Crippen LogP contribution is -2.66. The molecule has 12 nitrogen and oxygen atoms in total. The first-order valence-corrected chi connectivity index (χ1v) is 13.2. The maximum atomic E-state index is 13.0. The summed E-state index contributed by atoms with van der Waals surface area (Å²) >= 11 is 1.31. The van der Waals surface area contributed by atoms with Crippen molar-refractivity contribution in [3.63, 3.8) is 0 Å². The number of rotatable bonds is 8. The second kappa shape index (κ2) is 11.0. The SMILES string of the molecule is COC(=O)N[C@H]1CCN(C(=O)[C@@H]2C[C@H](SC3=C(C(=O)O)N4C(=O)[C@H](C(C)NC(=O)C(F)F)[C@H]4[C@H]3C)CN2)C1. The summed E-state index contributed by atoms with van der Waals surface area (Å²) in [7, 11) is 1.27.